The second kappa shape index (κ2) is 5.09. The normalized spacial score (nSPS) is 28.8. The number of hydrogen-bond donors (Lipinski definition) is 1. The quantitative estimate of drug-likeness (QED) is 0.923. The number of piperidine rings is 1. The highest BCUT2D eigenvalue weighted by molar-refractivity contribution is 5.87. The number of amides is 1. The molecule has 4 rings (SSSR count). The van der Waals surface area contributed by atoms with E-state index in [0.29, 0.717) is 0 Å². The predicted molar refractivity (Wildman–Crippen MR) is 80.9 cm³/mol. The van der Waals surface area contributed by atoms with E-state index >= 15 is 0 Å². The number of likely N-dealkylation sites (tertiary alicyclic amines) is 1. The molecule has 2 aliphatic heterocycles. The lowest BCUT2D eigenvalue weighted by atomic mass is 9.82. The fourth-order valence-corrected chi connectivity index (χ4v) is 3.91. The minimum atomic E-state index is 0.0167. The lowest BCUT2D eigenvalue weighted by molar-refractivity contribution is -0.121. The molecule has 112 valence electrons. The van der Waals surface area contributed by atoms with E-state index in [-0.39, 0.29) is 17.4 Å². The van der Waals surface area contributed by atoms with Gasteiger partial charge in [-0.3, -0.25) is 9.78 Å². The molecule has 3 heterocycles. The van der Waals surface area contributed by atoms with Gasteiger partial charge < -0.3 is 10.2 Å². The molecule has 3 aliphatic rings. The number of nitrogens with zero attached hydrogens (tertiary/aromatic N) is 2. The third-order valence-corrected chi connectivity index (χ3v) is 5.43. The van der Waals surface area contributed by atoms with Crippen LogP contribution in [0.5, 0.6) is 0 Å². The standard InChI is InChI=1S/C17H23N3O/c21-16-15(14-3-7-18-8-4-14)11-17(19-16)5-9-20(10-6-17)12-13-1-2-13/h3-4,7-8,13,15H,1-2,5-6,9-12H2,(H,19,21)/t15-/m1/s1. The summed E-state index contributed by atoms with van der Waals surface area (Å²) < 4.78 is 0. The summed E-state index contributed by atoms with van der Waals surface area (Å²) in [6.07, 6.45) is 9.57. The first-order valence-corrected chi connectivity index (χ1v) is 8.18. The summed E-state index contributed by atoms with van der Waals surface area (Å²) in [6.45, 7) is 3.55. The Labute approximate surface area is 125 Å². The van der Waals surface area contributed by atoms with Crippen LogP contribution in [0.1, 0.15) is 43.6 Å². The molecule has 1 aromatic rings. The van der Waals surface area contributed by atoms with Gasteiger partial charge in [0.15, 0.2) is 0 Å². The molecule has 0 bridgehead atoms. The maximum atomic E-state index is 12.4. The highest BCUT2D eigenvalue weighted by atomic mass is 16.2. The monoisotopic (exact) mass is 285 g/mol. The van der Waals surface area contributed by atoms with Gasteiger partial charge in [-0.05, 0) is 55.7 Å². The molecule has 4 nitrogen and oxygen atoms in total. The Morgan fingerprint density at radius 1 is 1.24 bits per heavy atom. The Balaban J connectivity index is 1.42. The van der Waals surface area contributed by atoms with Crippen molar-refractivity contribution in [3.05, 3.63) is 30.1 Å². The van der Waals surface area contributed by atoms with Crippen LogP contribution in [0.4, 0.5) is 0 Å². The molecule has 1 aromatic heterocycles. The minimum absolute atomic E-state index is 0.0167. The van der Waals surface area contributed by atoms with Crippen LogP contribution in [0.25, 0.3) is 0 Å². The lowest BCUT2D eigenvalue weighted by Crippen LogP contribution is -2.51. The fraction of sp³-hybridized carbons (Fsp3) is 0.647. The number of hydrogen-bond acceptors (Lipinski definition) is 3. The van der Waals surface area contributed by atoms with Crippen LogP contribution < -0.4 is 5.32 Å². The summed E-state index contributed by atoms with van der Waals surface area (Å²) in [5.41, 5.74) is 1.16. The van der Waals surface area contributed by atoms with E-state index in [9.17, 15) is 4.79 Å². The van der Waals surface area contributed by atoms with E-state index in [1.165, 1.54) is 19.4 Å². The van der Waals surface area contributed by atoms with Gasteiger partial charge in [-0.2, -0.15) is 0 Å². The van der Waals surface area contributed by atoms with Crippen molar-refractivity contribution in [3.63, 3.8) is 0 Å². The molecular formula is C17H23N3O. The highest BCUT2D eigenvalue weighted by Gasteiger charge is 2.46. The molecule has 0 aromatic carbocycles. The zero-order valence-electron chi connectivity index (χ0n) is 12.4. The van der Waals surface area contributed by atoms with Crippen molar-refractivity contribution >= 4 is 5.91 Å². The van der Waals surface area contributed by atoms with Gasteiger partial charge in [0.05, 0.1) is 5.92 Å². The van der Waals surface area contributed by atoms with Crippen molar-refractivity contribution in [2.45, 2.75) is 43.6 Å². The van der Waals surface area contributed by atoms with Gasteiger partial charge in [-0.1, -0.05) is 0 Å². The van der Waals surface area contributed by atoms with E-state index in [4.69, 9.17) is 0 Å². The Bertz CT molecular complexity index is 518. The SMILES string of the molecule is O=C1NC2(CCN(CC3CC3)CC2)C[C@@H]1c1ccncc1. The first kappa shape index (κ1) is 13.3. The largest absolute Gasteiger partial charge is 0.350 e. The van der Waals surface area contributed by atoms with Crippen LogP contribution in [0, 0.1) is 5.92 Å². The smallest absolute Gasteiger partial charge is 0.228 e. The summed E-state index contributed by atoms with van der Waals surface area (Å²) in [6, 6.07) is 3.96. The molecule has 21 heavy (non-hydrogen) atoms. The van der Waals surface area contributed by atoms with Crippen LogP contribution in [-0.2, 0) is 4.79 Å². The molecule has 3 fully saturated rings. The summed E-state index contributed by atoms with van der Waals surface area (Å²) in [5.74, 6) is 1.18. The first-order valence-electron chi connectivity index (χ1n) is 8.18. The molecule has 1 atom stereocenters. The molecule has 1 amide bonds. The molecule has 1 saturated carbocycles. The summed E-state index contributed by atoms with van der Waals surface area (Å²) in [4.78, 5) is 19.0. The molecule has 4 heteroatoms. The predicted octanol–water partition coefficient (Wildman–Crippen LogP) is 1.93. The minimum Gasteiger partial charge on any atom is -0.350 e. The van der Waals surface area contributed by atoms with Gasteiger partial charge >= 0.3 is 0 Å². The molecule has 1 aliphatic carbocycles. The molecule has 2 saturated heterocycles. The number of aromatic nitrogens is 1. The zero-order valence-corrected chi connectivity index (χ0v) is 12.4. The van der Waals surface area contributed by atoms with Gasteiger partial charge in [0, 0.05) is 37.6 Å². The van der Waals surface area contributed by atoms with Gasteiger partial charge in [-0.25, -0.2) is 0 Å². The van der Waals surface area contributed by atoms with Crippen LogP contribution >= 0.6 is 0 Å². The number of nitrogens with one attached hydrogen (secondary N) is 1. The average Bonchev–Trinajstić information content (AvgIpc) is 3.26. The number of carbonyl (C=O) groups excluding carboxylic acids is 1. The summed E-state index contributed by atoms with van der Waals surface area (Å²) in [5, 5.41) is 3.32. The summed E-state index contributed by atoms with van der Waals surface area (Å²) in [7, 11) is 0. The second-order valence-electron chi connectivity index (χ2n) is 7.05. The highest BCUT2D eigenvalue weighted by Crippen LogP contribution is 2.40. The van der Waals surface area contributed by atoms with Crippen LogP contribution in [-0.4, -0.2) is 41.0 Å². The van der Waals surface area contributed by atoms with Crippen molar-refractivity contribution in [1.82, 2.24) is 15.2 Å². The van der Waals surface area contributed by atoms with Crippen LogP contribution in [0.3, 0.4) is 0 Å². The molecular weight excluding hydrogens is 262 g/mol. The Morgan fingerprint density at radius 3 is 2.62 bits per heavy atom. The van der Waals surface area contributed by atoms with E-state index in [2.05, 4.69) is 15.2 Å². The number of rotatable bonds is 3. The Morgan fingerprint density at radius 2 is 1.95 bits per heavy atom. The fourth-order valence-electron chi connectivity index (χ4n) is 3.91. The van der Waals surface area contributed by atoms with Gasteiger partial charge in [-0.15, -0.1) is 0 Å². The van der Waals surface area contributed by atoms with Crippen molar-refractivity contribution in [2.75, 3.05) is 19.6 Å². The maximum Gasteiger partial charge on any atom is 0.228 e. The Hall–Kier alpha value is -1.42. The third kappa shape index (κ3) is 2.69. The van der Waals surface area contributed by atoms with Crippen LogP contribution in [0.2, 0.25) is 0 Å². The topological polar surface area (TPSA) is 45.2 Å². The van der Waals surface area contributed by atoms with Crippen molar-refractivity contribution in [3.8, 4) is 0 Å². The van der Waals surface area contributed by atoms with Gasteiger partial charge in [0.25, 0.3) is 0 Å². The third-order valence-electron chi connectivity index (χ3n) is 5.43. The van der Waals surface area contributed by atoms with Crippen molar-refractivity contribution < 1.29 is 4.79 Å². The van der Waals surface area contributed by atoms with E-state index in [1.54, 1.807) is 12.4 Å². The van der Waals surface area contributed by atoms with E-state index in [0.717, 1.165) is 43.8 Å². The molecule has 0 unspecified atom stereocenters. The summed E-state index contributed by atoms with van der Waals surface area (Å²) >= 11 is 0. The van der Waals surface area contributed by atoms with Crippen molar-refractivity contribution in [1.29, 1.82) is 0 Å². The number of pyridine rings is 1. The van der Waals surface area contributed by atoms with Gasteiger partial charge in [0.1, 0.15) is 0 Å². The average molecular weight is 285 g/mol. The second-order valence-corrected chi connectivity index (χ2v) is 7.05. The van der Waals surface area contributed by atoms with Crippen molar-refractivity contribution in [2.24, 2.45) is 5.92 Å². The maximum absolute atomic E-state index is 12.4. The molecule has 1 N–H and O–H groups in total. The van der Waals surface area contributed by atoms with Crippen LogP contribution in [0.15, 0.2) is 24.5 Å². The van der Waals surface area contributed by atoms with Gasteiger partial charge in [0.2, 0.25) is 5.91 Å². The molecule has 1 spiro atoms. The number of carbonyl (C=O) groups is 1. The zero-order chi connectivity index (χ0) is 14.3. The Kier molecular flexibility index (Phi) is 3.21. The molecule has 0 radical (unpaired) electrons. The first-order chi connectivity index (χ1) is 10.2. The lowest BCUT2D eigenvalue weighted by Gasteiger charge is -2.39. The van der Waals surface area contributed by atoms with E-state index in [1.807, 2.05) is 12.1 Å². The van der Waals surface area contributed by atoms with E-state index < -0.39 is 0 Å².